The minimum absolute atomic E-state index is 0.00829. The molecule has 0 amide bonds. The fraction of sp³-hybridized carbons (Fsp3) is 0.379. The molecule has 0 aromatic heterocycles. The van der Waals surface area contributed by atoms with Crippen molar-refractivity contribution in [2.45, 2.75) is 32.1 Å². The van der Waals surface area contributed by atoms with Crippen molar-refractivity contribution in [2.24, 2.45) is 5.92 Å². The summed E-state index contributed by atoms with van der Waals surface area (Å²) in [5.41, 5.74) is 3.42. The monoisotopic (exact) mass is 507 g/mol. The van der Waals surface area contributed by atoms with Crippen molar-refractivity contribution in [3.63, 3.8) is 0 Å². The van der Waals surface area contributed by atoms with Gasteiger partial charge >= 0.3 is 5.97 Å². The van der Waals surface area contributed by atoms with E-state index in [0.29, 0.717) is 39.8 Å². The summed E-state index contributed by atoms with van der Waals surface area (Å²) >= 11 is 0. The van der Waals surface area contributed by atoms with Crippen molar-refractivity contribution in [1.29, 1.82) is 0 Å². The summed E-state index contributed by atoms with van der Waals surface area (Å²) in [6.45, 7) is 3.81. The van der Waals surface area contributed by atoms with Crippen LogP contribution in [0.5, 0.6) is 23.0 Å². The molecular formula is C29H33NO7. The van der Waals surface area contributed by atoms with Crippen LogP contribution in [-0.4, -0.2) is 46.8 Å². The maximum atomic E-state index is 13.9. The molecule has 8 heteroatoms. The van der Waals surface area contributed by atoms with Crippen molar-refractivity contribution in [3.8, 4) is 23.0 Å². The molecule has 8 nitrogen and oxygen atoms in total. The van der Waals surface area contributed by atoms with E-state index >= 15 is 0 Å². The summed E-state index contributed by atoms with van der Waals surface area (Å²) in [5.74, 6) is 0.558. The van der Waals surface area contributed by atoms with Gasteiger partial charge in [-0.1, -0.05) is 12.1 Å². The second-order valence-corrected chi connectivity index (χ2v) is 8.96. The van der Waals surface area contributed by atoms with Crippen LogP contribution >= 0.6 is 0 Å². The normalized spacial score (nSPS) is 20.9. The molecule has 3 unspecified atom stereocenters. The Hall–Kier alpha value is -3.94. The molecule has 0 saturated heterocycles. The molecule has 0 saturated carbocycles. The van der Waals surface area contributed by atoms with E-state index in [4.69, 9.17) is 23.7 Å². The van der Waals surface area contributed by atoms with Gasteiger partial charge in [0.1, 0.15) is 17.3 Å². The molecule has 0 bridgehead atoms. The zero-order chi connectivity index (χ0) is 26.7. The number of carbonyl (C=O) groups is 2. The Morgan fingerprint density at radius 1 is 0.919 bits per heavy atom. The molecule has 1 N–H and O–H groups in total. The summed E-state index contributed by atoms with van der Waals surface area (Å²) < 4.78 is 27.4. The lowest BCUT2D eigenvalue weighted by Gasteiger charge is -2.40. The number of nitrogens with one attached hydrogen (secondary N) is 1. The Labute approximate surface area is 217 Å². The van der Waals surface area contributed by atoms with Crippen LogP contribution in [0.25, 0.3) is 0 Å². The predicted octanol–water partition coefficient (Wildman–Crippen LogP) is 4.50. The van der Waals surface area contributed by atoms with Crippen LogP contribution in [-0.2, 0) is 14.3 Å². The van der Waals surface area contributed by atoms with E-state index in [0.717, 1.165) is 11.3 Å². The standard InChI is InChI=1S/C29H33NO7/c1-7-37-29(32)26-16(2)30-21-12-18(17-8-10-24(35-5)25(14-17)36-6)13-22(31)28(21)27(26)20-15-19(33-3)9-11-23(20)34-4/h8-12,14-15,18,27-28,30H,7,13H2,1-6H3. The molecule has 2 aromatic carbocycles. The maximum absolute atomic E-state index is 13.9. The van der Waals surface area contributed by atoms with Crippen LogP contribution in [0.2, 0.25) is 0 Å². The average Bonchev–Trinajstić information content (AvgIpc) is 2.91. The molecule has 2 aliphatic rings. The predicted molar refractivity (Wildman–Crippen MR) is 138 cm³/mol. The topological polar surface area (TPSA) is 92.3 Å². The van der Waals surface area contributed by atoms with Gasteiger partial charge in [-0.05, 0) is 49.7 Å². The molecule has 0 spiro atoms. The number of benzene rings is 2. The number of hydrogen-bond donors (Lipinski definition) is 1. The Kier molecular flexibility index (Phi) is 7.76. The second kappa shape index (κ2) is 11.0. The Morgan fingerprint density at radius 3 is 2.27 bits per heavy atom. The highest BCUT2D eigenvalue weighted by molar-refractivity contribution is 5.96. The van der Waals surface area contributed by atoms with Crippen LogP contribution in [0.4, 0.5) is 0 Å². The molecule has 2 aromatic rings. The lowest BCUT2D eigenvalue weighted by molar-refractivity contribution is -0.139. The minimum Gasteiger partial charge on any atom is -0.497 e. The SMILES string of the molecule is CCOC(=O)C1=C(C)NC2=CC(c3ccc(OC)c(OC)c3)CC(=O)C2C1c1cc(OC)ccc1OC. The van der Waals surface area contributed by atoms with E-state index in [1.807, 2.05) is 31.2 Å². The van der Waals surface area contributed by atoms with Gasteiger partial charge in [-0.25, -0.2) is 4.79 Å². The van der Waals surface area contributed by atoms with E-state index in [9.17, 15) is 9.59 Å². The summed E-state index contributed by atoms with van der Waals surface area (Å²) in [6.07, 6.45) is 2.33. The number of rotatable bonds is 8. The first-order valence-electron chi connectivity index (χ1n) is 12.2. The van der Waals surface area contributed by atoms with Gasteiger partial charge < -0.3 is 29.0 Å². The summed E-state index contributed by atoms with van der Waals surface area (Å²) in [7, 11) is 6.32. The first-order chi connectivity index (χ1) is 17.9. The quantitative estimate of drug-likeness (QED) is 0.522. The van der Waals surface area contributed by atoms with Crippen LogP contribution < -0.4 is 24.3 Å². The highest BCUT2D eigenvalue weighted by Gasteiger charge is 2.46. The third-order valence-electron chi connectivity index (χ3n) is 6.97. The van der Waals surface area contributed by atoms with Crippen LogP contribution in [0.3, 0.4) is 0 Å². The molecular weight excluding hydrogens is 474 g/mol. The molecule has 0 fully saturated rings. The van der Waals surface area contributed by atoms with E-state index in [-0.39, 0.29) is 24.7 Å². The average molecular weight is 508 g/mol. The number of hydrogen-bond acceptors (Lipinski definition) is 8. The smallest absolute Gasteiger partial charge is 0.336 e. The van der Waals surface area contributed by atoms with Crippen LogP contribution in [0.15, 0.2) is 59.4 Å². The molecule has 4 rings (SSSR count). The highest BCUT2D eigenvalue weighted by atomic mass is 16.5. The number of ketones is 1. The lowest BCUT2D eigenvalue weighted by atomic mass is 9.68. The van der Waals surface area contributed by atoms with E-state index in [1.165, 1.54) is 0 Å². The first kappa shape index (κ1) is 26.1. The second-order valence-electron chi connectivity index (χ2n) is 8.96. The summed E-state index contributed by atoms with van der Waals surface area (Å²) in [5, 5.41) is 3.35. The van der Waals surface area contributed by atoms with Gasteiger partial charge in [0.25, 0.3) is 0 Å². The van der Waals surface area contributed by atoms with Crippen molar-refractivity contribution >= 4 is 11.8 Å². The van der Waals surface area contributed by atoms with Gasteiger partial charge in [0.05, 0.1) is 46.5 Å². The molecule has 3 atom stereocenters. The number of esters is 1. The van der Waals surface area contributed by atoms with E-state index < -0.39 is 17.8 Å². The molecule has 1 aliphatic heterocycles. The van der Waals surface area contributed by atoms with Crippen LogP contribution in [0, 0.1) is 5.92 Å². The Bertz CT molecular complexity index is 1260. The molecule has 1 heterocycles. The molecule has 196 valence electrons. The van der Waals surface area contributed by atoms with Gasteiger partial charge in [0.2, 0.25) is 0 Å². The number of allylic oxidation sites excluding steroid dienone is 3. The van der Waals surface area contributed by atoms with Gasteiger partial charge in [-0.2, -0.15) is 0 Å². The van der Waals surface area contributed by atoms with Gasteiger partial charge in [0, 0.05) is 35.2 Å². The zero-order valence-corrected chi connectivity index (χ0v) is 22.0. The van der Waals surface area contributed by atoms with Gasteiger partial charge in [0.15, 0.2) is 11.5 Å². The van der Waals surface area contributed by atoms with Crippen molar-refractivity contribution in [1.82, 2.24) is 5.32 Å². The third kappa shape index (κ3) is 4.88. The molecule has 0 radical (unpaired) electrons. The van der Waals surface area contributed by atoms with E-state index in [2.05, 4.69) is 11.4 Å². The van der Waals surface area contributed by atoms with Crippen LogP contribution in [0.1, 0.15) is 43.2 Å². The van der Waals surface area contributed by atoms with Gasteiger partial charge in [-0.3, -0.25) is 4.79 Å². The fourth-order valence-electron chi connectivity index (χ4n) is 5.27. The molecule has 37 heavy (non-hydrogen) atoms. The van der Waals surface area contributed by atoms with Gasteiger partial charge in [-0.15, -0.1) is 0 Å². The first-order valence-corrected chi connectivity index (χ1v) is 12.2. The Morgan fingerprint density at radius 2 is 1.62 bits per heavy atom. The van der Waals surface area contributed by atoms with E-state index in [1.54, 1.807) is 47.5 Å². The Balaban J connectivity index is 1.86. The van der Waals surface area contributed by atoms with Crippen molar-refractivity contribution < 1.29 is 33.3 Å². The minimum atomic E-state index is -0.611. The maximum Gasteiger partial charge on any atom is 0.336 e. The summed E-state index contributed by atoms with van der Waals surface area (Å²) in [6, 6.07) is 11.1. The lowest BCUT2D eigenvalue weighted by Crippen LogP contribution is -2.42. The zero-order valence-electron chi connectivity index (χ0n) is 22.0. The largest absolute Gasteiger partial charge is 0.497 e. The number of Topliss-reactive ketones (excluding diaryl/α,β-unsaturated/α-hetero) is 1. The number of methoxy groups -OCH3 is 4. The number of carbonyl (C=O) groups excluding carboxylic acids is 2. The van der Waals surface area contributed by atoms with Crippen molar-refractivity contribution in [3.05, 3.63) is 70.6 Å². The highest BCUT2D eigenvalue weighted by Crippen LogP contribution is 2.49. The fourth-order valence-corrected chi connectivity index (χ4v) is 5.27. The number of fused-ring (bicyclic) bond motifs is 1. The van der Waals surface area contributed by atoms with Crippen molar-refractivity contribution in [2.75, 3.05) is 35.0 Å². The summed E-state index contributed by atoms with van der Waals surface area (Å²) in [4.78, 5) is 27.1. The molecule has 1 aliphatic carbocycles. The number of ether oxygens (including phenoxy) is 5. The third-order valence-corrected chi connectivity index (χ3v) is 6.97.